The molecule has 2 aliphatic rings. The van der Waals surface area contributed by atoms with Gasteiger partial charge in [-0.1, -0.05) is 12.1 Å². The summed E-state index contributed by atoms with van der Waals surface area (Å²) in [5.74, 6) is 0.258. The van der Waals surface area contributed by atoms with E-state index in [0.717, 1.165) is 24.8 Å². The lowest BCUT2D eigenvalue weighted by atomic mass is 10.0. The molecular weight excluding hydrogens is 290 g/mol. The minimum absolute atomic E-state index is 0.0302. The molecule has 1 fully saturated rings. The molecule has 1 aromatic rings. The molecule has 0 saturated carbocycles. The number of rotatable bonds is 5. The van der Waals surface area contributed by atoms with Gasteiger partial charge in [-0.2, -0.15) is 0 Å². The van der Waals surface area contributed by atoms with Crippen molar-refractivity contribution in [3.63, 3.8) is 0 Å². The van der Waals surface area contributed by atoms with E-state index in [2.05, 4.69) is 6.07 Å². The van der Waals surface area contributed by atoms with E-state index in [1.165, 1.54) is 17.5 Å². The molecule has 124 valence electrons. The van der Waals surface area contributed by atoms with E-state index in [4.69, 9.17) is 0 Å². The topological polar surface area (TPSA) is 57.6 Å². The minimum Gasteiger partial charge on any atom is -0.393 e. The van der Waals surface area contributed by atoms with E-state index in [0.29, 0.717) is 13.1 Å². The second-order valence-corrected chi connectivity index (χ2v) is 6.89. The zero-order chi connectivity index (χ0) is 16.4. The third-order valence-corrected chi connectivity index (χ3v) is 5.25. The maximum absolute atomic E-state index is 12.3. The molecule has 4 heteroatoms. The van der Waals surface area contributed by atoms with Gasteiger partial charge < -0.3 is 10.0 Å². The molecule has 1 heterocycles. The summed E-state index contributed by atoms with van der Waals surface area (Å²) in [6.45, 7) is 3.08. The van der Waals surface area contributed by atoms with Crippen LogP contribution in [0, 0.1) is 5.92 Å². The summed E-state index contributed by atoms with van der Waals surface area (Å²) >= 11 is 0. The lowest BCUT2D eigenvalue weighted by Gasteiger charge is -2.17. The van der Waals surface area contributed by atoms with Crippen molar-refractivity contribution in [2.24, 2.45) is 5.92 Å². The number of fused-ring (bicyclic) bond motifs is 1. The van der Waals surface area contributed by atoms with Gasteiger partial charge in [-0.3, -0.25) is 9.59 Å². The van der Waals surface area contributed by atoms with Gasteiger partial charge in [0.25, 0.3) is 0 Å². The maximum Gasteiger partial charge on any atom is 0.223 e. The molecule has 1 N–H and O–H groups in total. The van der Waals surface area contributed by atoms with Crippen molar-refractivity contribution in [3.8, 4) is 0 Å². The van der Waals surface area contributed by atoms with E-state index in [1.54, 1.807) is 11.8 Å². The molecule has 3 rings (SSSR count). The predicted molar refractivity (Wildman–Crippen MR) is 88.4 cm³/mol. The quantitative estimate of drug-likeness (QED) is 0.849. The van der Waals surface area contributed by atoms with Gasteiger partial charge in [0.15, 0.2) is 5.78 Å². The molecule has 0 spiro atoms. The number of carbonyl (C=O) groups is 2. The second kappa shape index (κ2) is 6.83. The number of benzene rings is 1. The Labute approximate surface area is 137 Å². The molecule has 1 saturated heterocycles. The van der Waals surface area contributed by atoms with Gasteiger partial charge in [0.1, 0.15) is 0 Å². The Balaban J connectivity index is 1.52. The van der Waals surface area contributed by atoms with Crippen LogP contribution in [0.2, 0.25) is 0 Å². The Morgan fingerprint density at radius 3 is 2.78 bits per heavy atom. The number of carbonyl (C=O) groups excluding carboxylic acids is 2. The number of nitrogens with zero attached hydrogens (tertiary/aromatic N) is 1. The minimum atomic E-state index is -0.374. The van der Waals surface area contributed by atoms with Gasteiger partial charge in [0.05, 0.1) is 6.10 Å². The van der Waals surface area contributed by atoms with Crippen LogP contribution in [0.3, 0.4) is 0 Å². The SMILES string of the molecule is CC(O)C1CCN(C(=O)CCC(=O)c2ccc3c(c2)CCC3)C1. The molecule has 0 bridgehead atoms. The Morgan fingerprint density at radius 1 is 1.26 bits per heavy atom. The molecule has 0 radical (unpaired) electrons. The van der Waals surface area contributed by atoms with Crippen LogP contribution in [0.1, 0.15) is 54.1 Å². The van der Waals surface area contributed by atoms with Crippen LogP contribution in [-0.2, 0) is 17.6 Å². The highest BCUT2D eigenvalue weighted by molar-refractivity contribution is 5.98. The number of amides is 1. The summed E-state index contributed by atoms with van der Waals surface area (Å²) in [5.41, 5.74) is 3.39. The Bertz CT molecular complexity index is 609. The molecule has 0 aromatic heterocycles. The van der Waals surface area contributed by atoms with Crippen LogP contribution in [-0.4, -0.2) is 40.9 Å². The summed E-state index contributed by atoms with van der Waals surface area (Å²) in [7, 11) is 0. The maximum atomic E-state index is 12.3. The lowest BCUT2D eigenvalue weighted by Crippen LogP contribution is -2.30. The number of hydrogen-bond acceptors (Lipinski definition) is 3. The molecule has 1 aliphatic carbocycles. The van der Waals surface area contributed by atoms with E-state index in [9.17, 15) is 14.7 Å². The van der Waals surface area contributed by atoms with Crippen molar-refractivity contribution < 1.29 is 14.7 Å². The summed E-state index contributed by atoms with van der Waals surface area (Å²) in [5, 5.41) is 9.60. The molecule has 23 heavy (non-hydrogen) atoms. The van der Waals surface area contributed by atoms with Crippen molar-refractivity contribution in [3.05, 3.63) is 34.9 Å². The fourth-order valence-electron chi connectivity index (χ4n) is 3.68. The molecule has 2 unspecified atom stereocenters. The van der Waals surface area contributed by atoms with Gasteiger partial charge in [-0.05, 0) is 49.8 Å². The van der Waals surface area contributed by atoms with Crippen LogP contribution in [0.5, 0.6) is 0 Å². The fourth-order valence-corrected chi connectivity index (χ4v) is 3.68. The second-order valence-electron chi connectivity index (χ2n) is 6.89. The molecule has 1 aromatic carbocycles. The number of ketones is 1. The van der Waals surface area contributed by atoms with Crippen molar-refractivity contribution in [1.29, 1.82) is 0 Å². The lowest BCUT2D eigenvalue weighted by molar-refractivity contribution is -0.130. The van der Waals surface area contributed by atoms with Crippen molar-refractivity contribution >= 4 is 11.7 Å². The average molecular weight is 315 g/mol. The van der Waals surface area contributed by atoms with Crippen LogP contribution in [0.4, 0.5) is 0 Å². The number of aryl methyl sites for hydroxylation is 2. The van der Waals surface area contributed by atoms with Gasteiger partial charge in [0, 0.05) is 37.4 Å². The monoisotopic (exact) mass is 315 g/mol. The molecule has 4 nitrogen and oxygen atoms in total. The van der Waals surface area contributed by atoms with Crippen LogP contribution in [0.15, 0.2) is 18.2 Å². The zero-order valence-corrected chi connectivity index (χ0v) is 13.8. The smallest absolute Gasteiger partial charge is 0.223 e. The van der Waals surface area contributed by atoms with Crippen LogP contribution >= 0.6 is 0 Å². The highest BCUT2D eigenvalue weighted by Crippen LogP contribution is 2.24. The molecule has 1 aliphatic heterocycles. The van der Waals surface area contributed by atoms with Gasteiger partial charge in [0.2, 0.25) is 5.91 Å². The van der Waals surface area contributed by atoms with Crippen LogP contribution < -0.4 is 0 Å². The molecular formula is C19H25NO3. The Morgan fingerprint density at radius 2 is 2.04 bits per heavy atom. The molecule has 1 amide bonds. The number of likely N-dealkylation sites (tertiary alicyclic amines) is 1. The van der Waals surface area contributed by atoms with Gasteiger partial charge >= 0.3 is 0 Å². The number of Topliss-reactive ketones (excluding diaryl/α,β-unsaturated/α-hetero) is 1. The van der Waals surface area contributed by atoms with E-state index in [1.807, 2.05) is 12.1 Å². The summed E-state index contributed by atoms with van der Waals surface area (Å²) in [6.07, 6.45) is 4.36. The Hall–Kier alpha value is -1.68. The average Bonchev–Trinajstić information content (AvgIpc) is 3.20. The molecule has 2 atom stereocenters. The third-order valence-electron chi connectivity index (χ3n) is 5.25. The zero-order valence-electron chi connectivity index (χ0n) is 13.8. The standard InChI is InChI=1S/C19H25NO3/c1-13(21)17-9-10-20(12-17)19(23)8-7-18(22)16-6-5-14-3-2-4-15(14)11-16/h5-6,11,13,17,21H,2-4,7-10,12H2,1H3. The van der Waals surface area contributed by atoms with Crippen LogP contribution in [0.25, 0.3) is 0 Å². The highest BCUT2D eigenvalue weighted by Gasteiger charge is 2.29. The number of aliphatic hydroxyl groups excluding tert-OH is 1. The first-order valence-electron chi connectivity index (χ1n) is 8.65. The first-order valence-corrected chi connectivity index (χ1v) is 8.65. The van der Waals surface area contributed by atoms with Gasteiger partial charge in [-0.25, -0.2) is 0 Å². The summed E-state index contributed by atoms with van der Waals surface area (Å²) in [4.78, 5) is 26.3. The largest absolute Gasteiger partial charge is 0.393 e. The number of aliphatic hydroxyl groups is 1. The first kappa shape index (κ1) is 16.2. The van der Waals surface area contributed by atoms with E-state index < -0.39 is 0 Å². The van der Waals surface area contributed by atoms with Crippen molar-refractivity contribution in [2.45, 2.75) is 51.6 Å². The Kier molecular flexibility index (Phi) is 4.81. The van der Waals surface area contributed by atoms with E-state index in [-0.39, 0.29) is 36.6 Å². The van der Waals surface area contributed by atoms with Crippen molar-refractivity contribution in [2.75, 3.05) is 13.1 Å². The highest BCUT2D eigenvalue weighted by atomic mass is 16.3. The normalized spacial score (nSPS) is 21.3. The van der Waals surface area contributed by atoms with Crippen molar-refractivity contribution in [1.82, 2.24) is 4.90 Å². The predicted octanol–water partition coefficient (Wildman–Crippen LogP) is 2.37. The summed E-state index contributed by atoms with van der Waals surface area (Å²) in [6, 6.07) is 5.97. The number of hydrogen-bond donors (Lipinski definition) is 1. The third kappa shape index (κ3) is 3.63. The summed E-state index contributed by atoms with van der Waals surface area (Å²) < 4.78 is 0. The fraction of sp³-hybridized carbons (Fsp3) is 0.579. The first-order chi connectivity index (χ1) is 11.0. The van der Waals surface area contributed by atoms with Gasteiger partial charge in [-0.15, -0.1) is 0 Å². The van der Waals surface area contributed by atoms with E-state index >= 15 is 0 Å².